The zero-order valence-electron chi connectivity index (χ0n) is 14.0. The first-order valence-corrected chi connectivity index (χ1v) is 7.74. The molecule has 1 aliphatic carbocycles. The quantitative estimate of drug-likeness (QED) is 0.766. The third-order valence-electron chi connectivity index (χ3n) is 6.47. The summed E-state index contributed by atoms with van der Waals surface area (Å²) in [5, 5.41) is 21.1. The highest BCUT2D eigenvalue weighted by Crippen LogP contribution is 2.60. The Morgan fingerprint density at radius 3 is 2.00 bits per heavy atom. The fourth-order valence-electron chi connectivity index (χ4n) is 4.49. The maximum Gasteiger partial charge on any atom is 0.316 e. The van der Waals surface area contributed by atoms with Crippen molar-refractivity contribution < 1.29 is 15.0 Å². The maximum atomic E-state index is 12.1. The van der Waals surface area contributed by atoms with Crippen LogP contribution in [0.1, 0.15) is 67.7 Å². The Morgan fingerprint density at radius 1 is 1.20 bits per heavy atom. The molecule has 0 radical (unpaired) electrons. The van der Waals surface area contributed by atoms with Crippen molar-refractivity contribution in [2.45, 2.75) is 73.3 Å². The molecule has 0 aromatic heterocycles. The third kappa shape index (κ3) is 1.78. The average Bonchev–Trinajstić information content (AvgIpc) is 2.40. The van der Waals surface area contributed by atoms with Gasteiger partial charge in [0.15, 0.2) is 0 Å². The first-order chi connectivity index (χ1) is 9.07. The number of carboxylic acids is 1. The fourth-order valence-corrected chi connectivity index (χ4v) is 4.49. The second kappa shape index (κ2) is 5.18. The first kappa shape index (κ1) is 17.2. The summed E-state index contributed by atoms with van der Waals surface area (Å²) in [5.41, 5.74) is -0.489. The highest BCUT2D eigenvalue weighted by Gasteiger charge is 2.63. The van der Waals surface area contributed by atoms with Crippen LogP contribution in [0.5, 0.6) is 0 Å². The second-order valence-corrected chi connectivity index (χ2v) is 6.66. The lowest BCUT2D eigenvalue weighted by molar-refractivity contribution is -0.180. The van der Waals surface area contributed by atoms with Crippen LogP contribution in [0.2, 0.25) is 0 Å². The van der Waals surface area contributed by atoms with Gasteiger partial charge in [0.2, 0.25) is 0 Å². The zero-order chi connectivity index (χ0) is 15.9. The highest BCUT2D eigenvalue weighted by molar-refractivity contribution is 5.81. The lowest BCUT2D eigenvalue weighted by Crippen LogP contribution is -2.62. The van der Waals surface area contributed by atoms with Crippen LogP contribution in [0.25, 0.3) is 0 Å². The number of aliphatic hydroxyl groups is 1. The molecule has 0 aromatic rings. The van der Waals surface area contributed by atoms with E-state index in [1.165, 1.54) is 0 Å². The lowest BCUT2D eigenvalue weighted by atomic mass is 9.48. The Labute approximate surface area is 123 Å². The summed E-state index contributed by atoms with van der Waals surface area (Å²) in [6.07, 6.45) is 1.99. The van der Waals surface area contributed by atoms with Gasteiger partial charge in [-0.2, -0.15) is 0 Å². The molecule has 0 aliphatic heterocycles. The summed E-state index contributed by atoms with van der Waals surface area (Å²) in [7, 11) is 0. The van der Waals surface area contributed by atoms with E-state index in [1.54, 1.807) is 6.92 Å². The smallest absolute Gasteiger partial charge is 0.316 e. The number of carboxylic acid groups (broad SMARTS) is 1. The lowest BCUT2D eigenvalue weighted by Gasteiger charge is -2.58. The standard InChI is InChI=1S/C17H30O3/c1-8-13-11(4)15(6,9-2)12(5)16(7,20)17(13,10-3)14(18)19/h12,20H,8-10H2,1-7H3,(H,18,19). The summed E-state index contributed by atoms with van der Waals surface area (Å²) in [6.45, 7) is 13.9. The third-order valence-corrected chi connectivity index (χ3v) is 6.47. The SMILES string of the molecule is CCC1=C(C)C(C)(CC)C(C)C(C)(O)C1(CC)C(=O)O. The van der Waals surface area contributed by atoms with Crippen LogP contribution in [0.3, 0.4) is 0 Å². The Hall–Kier alpha value is -0.830. The van der Waals surface area contributed by atoms with Gasteiger partial charge in [0, 0.05) is 0 Å². The molecule has 4 atom stereocenters. The largest absolute Gasteiger partial charge is 0.481 e. The topological polar surface area (TPSA) is 57.5 Å². The summed E-state index contributed by atoms with van der Waals surface area (Å²) < 4.78 is 0. The van der Waals surface area contributed by atoms with E-state index in [4.69, 9.17) is 0 Å². The van der Waals surface area contributed by atoms with Crippen LogP contribution in [-0.4, -0.2) is 21.8 Å². The molecule has 116 valence electrons. The average molecular weight is 282 g/mol. The Kier molecular flexibility index (Phi) is 4.46. The van der Waals surface area contributed by atoms with E-state index in [1.807, 2.05) is 20.8 Å². The van der Waals surface area contributed by atoms with Crippen LogP contribution in [-0.2, 0) is 4.79 Å². The molecule has 4 unspecified atom stereocenters. The monoisotopic (exact) mass is 282 g/mol. The predicted octanol–water partition coefficient (Wildman–Crippen LogP) is 4.01. The Balaban J connectivity index is 3.80. The van der Waals surface area contributed by atoms with Gasteiger partial charge in [-0.25, -0.2) is 0 Å². The number of hydrogen-bond acceptors (Lipinski definition) is 2. The van der Waals surface area contributed by atoms with Gasteiger partial charge in [0.05, 0.1) is 5.60 Å². The molecule has 20 heavy (non-hydrogen) atoms. The minimum absolute atomic E-state index is 0.105. The van der Waals surface area contributed by atoms with Gasteiger partial charge in [-0.05, 0) is 44.4 Å². The number of aliphatic carboxylic acids is 1. The number of hydrogen-bond donors (Lipinski definition) is 2. The van der Waals surface area contributed by atoms with E-state index in [-0.39, 0.29) is 11.3 Å². The molecule has 0 aromatic carbocycles. The van der Waals surface area contributed by atoms with Crippen molar-refractivity contribution >= 4 is 5.97 Å². The van der Waals surface area contributed by atoms with Crippen molar-refractivity contribution in [3.8, 4) is 0 Å². The molecule has 0 saturated heterocycles. The van der Waals surface area contributed by atoms with Gasteiger partial charge < -0.3 is 10.2 Å². The number of allylic oxidation sites excluding steroid dienone is 1. The molecule has 0 fully saturated rings. The van der Waals surface area contributed by atoms with Gasteiger partial charge in [0.1, 0.15) is 5.41 Å². The van der Waals surface area contributed by atoms with Crippen molar-refractivity contribution in [1.29, 1.82) is 0 Å². The Morgan fingerprint density at radius 2 is 1.70 bits per heavy atom. The minimum Gasteiger partial charge on any atom is -0.481 e. The summed E-state index contributed by atoms with van der Waals surface area (Å²) >= 11 is 0. The van der Waals surface area contributed by atoms with Gasteiger partial charge in [0.25, 0.3) is 0 Å². The van der Waals surface area contributed by atoms with Crippen molar-refractivity contribution in [3.63, 3.8) is 0 Å². The van der Waals surface area contributed by atoms with Crippen molar-refractivity contribution in [1.82, 2.24) is 0 Å². The van der Waals surface area contributed by atoms with E-state index in [9.17, 15) is 15.0 Å². The fraction of sp³-hybridized carbons (Fsp3) is 0.824. The zero-order valence-corrected chi connectivity index (χ0v) is 14.0. The van der Waals surface area contributed by atoms with Gasteiger partial charge in [-0.3, -0.25) is 4.79 Å². The molecule has 0 amide bonds. The molecule has 3 nitrogen and oxygen atoms in total. The summed E-state index contributed by atoms with van der Waals surface area (Å²) in [5.74, 6) is -1.00. The van der Waals surface area contributed by atoms with E-state index >= 15 is 0 Å². The van der Waals surface area contributed by atoms with Crippen LogP contribution in [0.4, 0.5) is 0 Å². The molecule has 0 saturated carbocycles. The van der Waals surface area contributed by atoms with Crippen molar-refractivity contribution in [3.05, 3.63) is 11.1 Å². The Bertz CT molecular complexity index is 436. The van der Waals surface area contributed by atoms with Gasteiger partial charge >= 0.3 is 5.97 Å². The predicted molar refractivity (Wildman–Crippen MR) is 81.5 cm³/mol. The van der Waals surface area contributed by atoms with E-state index in [0.29, 0.717) is 12.8 Å². The first-order valence-electron chi connectivity index (χ1n) is 7.74. The molecule has 0 spiro atoms. The molecular formula is C17H30O3. The van der Waals surface area contributed by atoms with Crippen molar-refractivity contribution in [2.24, 2.45) is 16.7 Å². The van der Waals surface area contributed by atoms with E-state index < -0.39 is 17.0 Å². The molecule has 1 rings (SSSR count). The normalized spacial score (nSPS) is 41.9. The molecule has 0 bridgehead atoms. The summed E-state index contributed by atoms with van der Waals surface area (Å²) in [6, 6.07) is 0. The van der Waals surface area contributed by atoms with E-state index in [0.717, 1.165) is 17.6 Å². The highest BCUT2D eigenvalue weighted by atomic mass is 16.4. The van der Waals surface area contributed by atoms with Crippen molar-refractivity contribution in [2.75, 3.05) is 0 Å². The van der Waals surface area contributed by atoms with Gasteiger partial charge in [-0.15, -0.1) is 0 Å². The van der Waals surface area contributed by atoms with Crippen LogP contribution in [0, 0.1) is 16.7 Å². The molecule has 0 heterocycles. The molecule has 3 heteroatoms. The van der Waals surface area contributed by atoms with Crippen LogP contribution in [0.15, 0.2) is 11.1 Å². The second-order valence-electron chi connectivity index (χ2n) is 6.66. The summed E-state index contributed by atoms with van der Waals surface area (Å²) in [4.78, 5) is 12.1. The minimum atomic E-state index is -1.25. The molecule has 2 N–H and O–H groups in total. The number of rotatable bonds is 4. The van der Waals surface area contributed by atoms with E-state index in [2.05, 4.69) is 20.8 Å². The van der Waals surface area contributed by atoms with Crippen LogP contribution >= 0.6 is 0 Å². The van der Waals surface area contributed by atoms with Crippen LogP contribution < -0.4 is 0 Å². The van der Waals surface area contributed by atoms with Gasteiger partial charge in [-0.1, -0.05) is 45.8 Å². The maximum absolute atomic E-state index is 12.1. The number of carbonyl (C=O) groups is 1. The molecule has 1 aliphatic rings. The molecular weight excluding hydrogens is 252 g/mol.